The van der Waals surface area contributed by atoms with Crippen molar-refractivity contribution in [1.82, 2.24) is 4.98 Å². The van der Waals surface area contributed by atoms with Crippen LogP contribution in [-0.2, 0) is 0 Å². The summed E-state index contributed by atoms with van der Waals surface area (Å²) in [6, 6.07) is 6.14. The lowest BCUT2D eigenvalue weighted by atomic mass is 10.0. The molecule has 1 N–H and O–H groups in total. The van der Waals surface area contributed by atoms with Gasteiger partial charge < -0.3 is 5.11 Å². The Kier molecular flexibility index (Phi) is 4.22. The molecular formula is C12H7BrCl2FNO. The molecule has 2 nitrogen and oxygen atoms in total. The number of rotatable bonds is 2. The van der Waals surface area contributed by atoms with Crippen LogP contribution in [-0.4, -0.2) is 10.1 Å². The molecule has 94 valence electrons. The van der Waals surface area contributed by atoms with Gasteiger partial charge in [-0.3, -0.25) is 0 Å². The number of aromatic nitrogens is 1. The third-order valence-corrected chi connectivity index (χ3v) is 3.91. The molecule has 0 saturated heterocycles. The van der Waals surface area contributed by atoms with Gasteiger partial charge in [-0.15, -0.1) is 0 Å². The second-order valence-electron chi connectivity index (χ2n) is 3.58. The number of benzene rings is 1. The first kappa shape index (κ1) is 13.7. The summed E-state index contributed by atoms with van der Waals surface area (Å²) in [5, 5.41) is 10.3. The Morgan fingerprint density at radius 2 is 1.94 bits per heavy atom. The summed E-state index contributed by atoms with van der Waals surface area (Å²) in [6.45, 7) is 0. The van der Waals surface area contributed by atoms with E-state index in [1.165, 1.54) is 18.3 Å². The van der Waals surface area contributed by atoms with E-state index in [-0.39, 0.29) is 10.6 Å². The molecular weight excluding hydrogens is 344 g/mol. The van der Waals surface area contributed by atoms with Crippen molar-refractivity contribution in [2.24, 2.45) is 0 Å². The monoisotopic (exact) mass is 349 g/mol. The second-order valence-corrected chi connectivity index (χ2v) is 5.20. The average Bonchev–Trinajstić information content (AvgIpc) is 2.36. The van der Waals surface area contributed by atoms with E-state index in [4.69, 9.17) is 23.2 Å². The van der Waals surface area contributed by atoms with Crippen molar-refractivity contribution in [3.05, 3.63) is 62.1 Å². The molecule has 0 aliphatic carbocycles. The second kappa shape index (κ2) is 5.53. The van der Waals surface area contributed by atoms with Crippen LogP contribution in [0.1, 0.15) is 17.2 Å². The third-order valence-electron chi connectivity index (χ3n) is 2.43. The lowest BCUT2D eigenvalue weighted by molar-refractivity contribution is 0.214. The van der Waals surface area contributed by atoms with Gasteiger partial charge >= 0.3 is 0 Å². The molecule has 6 heteroatoms. The van der Waals surface area contributed by atoms with Crippen LogP contribution >= 0.6 is 39.1 Å². The van der Waals surface area contributed by atoms with Gasteiger partial charge in [0.1, 0.15) is 17.1 Å². The first-order chi connectivity index (χ1) is 8.50. The van der Waals surface area contributed by atoms with Crippen LogP contribution in [0.25, 0.3) is 0 Å². The molecule has 0 spiro atoms. The lowest BCUT2D eigenvalue weighted by Crippen LogP contribution is -2.03. The van der Waals surface area contributed by atoms with Gasteiger partial charge in [-0.2, -0.15) is 0 Å². The number of halogens is 4. The van der Waals surface area contributed by atoms with Crippen LogP contribution in [0.3, 0.4) is 0 Å². The Hall–Kier alpha value is -0.680. The van der Waals surface area contributed by atoms with Crippen LogP contribution < -0.4 is 0 Å². The van der Waals surface area contributed by atoms with Gasteiger partial charge in [0.2, 0.25) is 0 Å². The van der Waals surface area contributed by atoms with Crippen molar-refractivity contribution in [1.29, 1.82) is 0 Å². The molecule has 0 aliphatic rings. The van der Waals surface area contributed by atoms with Gasteiger partial charge in [0, 0.05) is 21.8 Å². The van der Waals surface area contributed by atoms with Crippen molar-refractivity contribution >= 4 is 39.1 Å². The van der Waals surface area contributed by atoms with E-state index >= 15 is 0 Å². The van der Waals surface area contributed by atoms with Crippen molar-refractivity contribution in [3.63, 3.8) is 0 Å². The molecule has 18 heavy (non-hydrogen) atoms. The molecule has 0 aliphatic heterocycles. The summed E-state index contributed by atoms with van der Waals surface area (Å²) in [5.41, 5.74) is 0.531. The molecule has 1 aromatic heterocycles. The van der Waals surface area contributed by atoms with E-state index in [9.17, 15) is 9.50 Å². The van der Waals surface area contributed by atoms with Crippen LogP contribution in [0.15, 0.2) is 34.9 Å². The standard InChI is InChI=1S/C12H7BrCl2FNO/c13-8-3-2-7(11(16)10(8)15)12(18)6-1-4-9(14)17-5-6/h1-5,12,18H. The normalized spacial score (nSPS) is 12.5. The number of pyridine rings is 1. The predicted octanol–water partition coefficient (Wildman–Crippen LogP) is 4.37. The molecule has 2 rings (SSSR count). The Labute approximate surface area is 122 Å². The lowest BCUT2D eigenvalue weighted by Gasteiger charge is -2.13. The molecule has 0 bridgehead atoms. The smallest absolute Gasteiger partial charge is 0.149 e. The van der Waals surface area contributed by atoms with Crippen molar-refractivity contribution in [3.8, 4) is 0 Å². The highest BCUT2D eigenvalue weighted by atomic mass is 79.9. The summed E-state index contributed by atoms with van der Waals surface area (Å²) >= 11 is 14.5. The first-order valence-electron chi connectivity index (χ1n) is 4.93. The fourth-order valence-corrected chi connectivity index (χ4v) is 2.07. The van der Waals surface area contributed by atoms with E-state index in [0.29, 0.717) is 15.2 Å². The maximum atomic E-state index is 13.9. The van der Waals surface area contributed by atoms with Gasteiger partial charge in [-0.25, -0.2) is 9.37 Å². The Bertz CT molecular complexity index is 577. The van der Waals surface area contributed by atoms with E-state index in [2.05, 4.69) is 20.9 Å². The molecule has 0 saturated carbocycles. The Morgan fingerprint density at radius 3 is 2.56 bits per heavy atom. The third kappa shape index (κ3) is 2.67. The molecule has 1 aromatic carbocycles. The van der Waals surface area contributed by atoms with E-state index in [1.54, 1.807) is 12.1 Å². The van der Waals surface area contributed by atoms with Crippen molar-refractivity contribution < 1.29 is 9.50 Å². The highest BCUT2D eigenvalue weighted by molar-refractivity contribution is 9.10. The fourth-order valence-electron chi connectivity index (χ4n) is 1.48. The minimum Gasteiger partial charge on any atom is -0.383 e. The van der Waals surface area contributed by atoms with Crippen molar-refractivity contribution in [2.45, 2.75) is 6.10 Å². The maximum absolute atomic E-state index is 13.9. The molecule has 1 unspecified atom stereocenters. The van der Waals surface area contributed by atoms with E-state index in [0.717, 1.165) is 0 Å². The number of hydrogen-bond acceptors (Lipinski definition) is 2. The summed E-state index contributed by atoms with van der Waals surface area (Å²) in [5.74, 6) is -0.659. The summed E-state index contributed by atoms with van der Waals surface area (Å²) in [7, 11) is 0. The molecule has 0 radical (unpaired) electrons. The summed E-state index contributed by atoms with van der Waals surface area (Å²) in [4.78, 5) is 3.84. The first-order valence-corrected chi connectivity index (χ1v) is 6.48. The zero-order valence-electron chi connectivity index (χ0n) is 8.87. The van der Waals surface area contributed by atoms with Gasteiger partial charge in [0.25, 0.3) is 0 Å². The molecule has 2 aromatic rings. The van der Waals surface area contributed by atoms with Crippen molar-refractivity contribution in [2.75, 3.05) is 0 Å². The Balaban J connectivity index is 2.43. The van der Waals surface area contributed by atoms with Crippen LogP contribution in [0, 0.1) is 5.82 Å². The summed E-state index contributed by atoms with van der Waals surface area (Å²) in [6.07, 6.45) is 0.253. The number of hydrogen-bond donors (Lipinski definition) is 1. The zero-order valence-corrected chi connectivity index (χ0v) is 12.0. The minimum absolute atomic E-state index is 0.0616. The Morgan fingerprint density at radius 1 is 1.22 bits per heavy atom. The predicted molar refractivity (Wildman–Crippen MR) is 72.4 cm³/mol. The number of aliphatic hydroxyl groups excluding tert-OH is 1. The van der Waals surface area contributed by atoms with Gasteiger partial charge in [-0.05, 0) is 28.1 Å². The average molecular weight is 351 g/mol. The highest BCUT2D eigenvalue weighted by Gasteiger charge is 2.18. The molecule has 0 fully saturated rings. The quantitative estimate of drug-likeness (QED) is 0.644. The van der Waals surface area contributed by atoms with Gasteiger partial charge in [0.05, 0.1) is 5.02 Å². The molecule has 0 amide bonds. The van der Waals surface area contributed by atoms with Gasteiger partial charge in [0.15, 0.2) is 0 Å². The minimum atomic E-state index is -1.14. The van der Waals surface area contributed by atoms with E-state index < -0.39 is 11.9 Å². The molecule has 1 atom stereocenters. The maximum Gasteiger partial charge on any atom is 0.149 e. The van der Waals surface area contributed by atoms with E-state index in [1.807, 2.05) is 0 Å². The molecule has 1 heterocycles. The van der Waals surface area contributed by atoms with Gasteiger partial charge in [-0.1, -0.05) is 35.3 Å². The number of nitrogens with zero attached hydrogens (tertiary/aromatic N) is 1. The fraction of sp³-hybridized carbons (Fsp3) is 0.0833. The van der Waals surface area contributed by atoms with Crippen LogP contribution in [0.5, 0.6) is 0 Å². The SMILES string of the molecule is OC(c1ccc(Cl)nc1)c1ccc(Br)c(Cl)c1F. The summed E-state index contributed by atoms with van der Waals surface area (Å²) < 4.78 is 14.3. The largest absolute Gasteiger partial charge is 0.383 e. The zero-order chi connectivity index (χ0) is 13.3. The topological polar surface area (TPSA) is 33.1 Å². The highest BCUT2D eigenvalue weighted by Crippen LogP contribution is 2.32. The van der Waals surface area contributed by atoms with Crippen LogP contribution in [0.4, 0.5) is 4.39 Å². The van der Waals surface area contributed by atoms with Crippen LogP contribution in [0.2, 0.25) is 10.2 Å². The number of aliphatic hydroxyl groups is 1.